The van der Waals surface area contributed by atoms with Gasteiger partial charge in [0.05, 0.1) is 9.99 Å². The van der Waals surface area contributed by atoms with Crippen molar-refractivity contribution in [2.75, 3.05) is 26.0 Å². The van der Waals surface area contributed by atoms with E-state index in [0.29, 0.717) is 45.1 Å². The molecule has 0 aliphatic heterocycles. The lowest BCUT2D eigenvalue weighted by Gasteiger charge is -2.16. The zero-order chi connectivity index (χ0) is 21.1. The quantitative estimate of drug-likeness (QED) is 0.551. The van der Waals surface area contributed by atoms with Gasteiger partial charge in [-0.05, 0) is 73.3 Å². The summed E-state index contributed by atoms with van der Waals surface area (Å²) in [6, 6.07) is 10.1. The van der Waals surface area contributed by atoms with E-state index in [1.54, 1.807) is 47.9 Å². The number of hydrogen-bond donors (Lipinski definition) is 1. The lowest BCUT2D eigenvalue weighted by atomic mass is 10.2. The fraction of sp³-hybridized carbons (Fsp3) is 0.300. The van der Waals surface area contributed by atoms with Gasteiger partial charge in [-0.3, -0.25) is 9.36 Å². The maximum atomic E-state index is 12.6. The number of anilines is 1. The van der Waals surface area contributed by atoms with Crippen LogP contribution in [-0.2, 0) is 11.3 Å². The molecule has 0 aliphatic rings. The van der Waals surface area contributed by atoms with E-state index in [0.717, 1.165) is 0 Å². The smallest absolute Gasteiger partial charge is 0.419 e. The fourth-order valence-corrected chi connectivity index (χ4v) is 3.49. The molecule has 1 amide bonds. The topological polar surface area (TPSA) is 76.7 Å². The summed E-state index contributed by atoms with van der Waals surface area (Å²) in [6.45, 7) is 2.83. The van der Waals surface area contributed by atoms with Crippen molar-refractivity contribution in [1.82, 2.24) is 9.47 Å². The number of carbonyl (C=O) groups excluding carboxylic acids is 1. The fourth-order valence-electron chi connectivity index (χ4n) is 2.71. The molecule has 1 heterocycles. The van der Waals surface area contributed by atoms with E-state index in [1.807, 2.05) is 19.0 Å². The summed E-state index contributed by atoms with van der Waals surface area (Å²) in [5.41, 5.74) is 1.65. The average Bonchev–Trinajstić information content (AvgIpc) is 2.96. The number of nitrogens with one attached hydrogen (secondary N) is 1. The Labute approximate surface area is 181 Å². The van der Waals surface area contributed by atoms with Crippen molar-refractivity contribution in [3.8, 4) is 5.75 Å². The summed E-state index contributed by atoms with van der Waals surface area (Å²) in [4.78, 5) is 26.6. The molecule has 2 aromatic carbocycles. The van der Waals surface area contributed by atoms with Gasteiger partial charge in [0, 0.05) is 23.8 Å². The Balaban J connectivity index is 1.75. The van der Waals surface area contributed by atoms with E-state index >= 15 is 0 Å². The van der Waals surface area contributed by atoms with Gasteiger partial charge >= 0.3 is 5.76 Å². The summed E-state index contributed by atoms with van der Waals surface area (Å²) in [5.74, 6) is -0.230. The first-order valence-electron chi connectivity index (χ1n) is 8.95. The highest BCUT2D eigenvalue weighted by molar-refractivity contribution is 9.10. The van der Waals surface area contributed by atoms with Crippen LogP contribution >= 0.6 is 27.5 Å². The van der Waals surface area contributed by atoms with Gasteiger partial charge in [-0.25, -0.2) is 4.79 Å². The molecule has 0 saturated carbocycles. The standard InChI is InChI=1S/C20H21BrClN3O4/c1-12(28-17-6-4-13(22)10-15(17)21)19(26)23-14-5-7-18-16(11-14)25(20(27)29-18)9-8-24(2)3/h4-7,10-12H,8-9H2,1-3H3,(H,23,26). The molecule has 0 aliphatic carbocycles. The van der Waals surface area contributed by atoms with Gasteiger partial charge in [0.25, 0.3) is 5.91 Å². The second-order valence-electron chi connectivity index (χ2n) is 6.83. The summed E-state index contributed by atoms with van der Waals surface area (Å²) < 4.78 is 13.2. The maximum Gasteiger partial charge on any atom is 0.419 e. The number of carbonyl (C=O) groups is 1. The van der Waals surface area contributed by atoms with Crippen LogP contribution in [0.15, 0.2) is 50.1 Å². The SMILES string of the molecule is CC(Oc1ccc(Cl)cc1Br)C(=O)Nc1ccc2oc(=O)n(CCN(C)C)c2c1. The first-order valence-corrected chi connectivity index (χ1v) is 10.1. The zero-order valence-electron chi connectivity index (χ0n) is 16.2. The van der Waals surface area contributed by atoms with Crippen LogP contribution in [0.4, 0.5) is 5.69 Å². The van der Waals surface area contributed by atoms with Gasteiger partial charge in [-0.15, -0.1) is 0 Å². The van der Waals surface area contributed by atoms with Crippen LogP contribution < -0.4 is 15.8 Å². The summed E-state index contributed by atoms with van der Waals surface area (Å²) in [7, 11) is 3.86. The predicted molar refractivity (Wildman–Crippen MR) is 117 cm³/mol. The van der Waals surface area contributed by atoms with Gasteiger partial charge in [-0.1, -0.05) is 11.6 Å². The molecule has 0 bridgehead atoms. The summed E-state index contributed by atoms with van der Waals surface area (Å²) in [5, 5.41) is 3.38. The van der Waals surface area contributed by atoms with Gasteiger partial charge in [0.15, 0.2) is 11.7 Å². The van der Waals surface area contributed by atoms with Crippen LogP contribution in [0.5, 0.6) is 5.75 Å². The number of fused-ring (bicyclic) bond motifs is 1. The summed E-state index contributed by atoms with van der Waals surface area (Å²) >= 11 is 9.29. The summed E-state index contributed by atoms with van der Waals surface area (Å²) in [6.07, 6.45) is -0.747. The van der Waals surface area contributed by atoms with Crippen LogP contribution in [0.1, 0.15) is 6.92 Å². The van der Waals surface area contributed by atoms with Crippen molar-refractivity contribution in [3.05, 3.63) is 56.4 Å². The number of halogens is 2. The zero-order valence-corrected chi connectivity index (χ0v) is 18.6. The molecule has 0 spiro atoms. The van der Waals surface area contributed by atoms with Crippen molar-refractivity contribution in [1.29, 1.82) is 0 Å². The van der Waals surface area contributed by atoms with Gasteiger partial charge in [0.1, 0.15) is 5.75 Å². The molecule has 0 radical (unpaired) electrons. The lowest BCUT2D eigenvalue weighted by Crippen LogP contribution is -2.30. The number of amides is 1. The first-order chi connectivity index (χ1) is 13.7. The molecule has 7 nitrogen and oxygen atoms in total. The molecule has 1 aromatic heterocycles. The minimum Gasteiger partial charge on any atom is -0.480 e. The Bertz CT molecular complexity index is 1090. The number of ether oxygens (including phenoxy) is 1. The van der Waals surface area contributed by atoms with E-state index in [4.69, 9.17) is 20.8 Å². The van der Waals surface area contributed by atoms with E-state index in [2.05, 4.69) is 21.2 Å². The second-order valence-corrected chi connectivity index (χ2v) is 8.12. The van der Waals surface area contributed by atoms with Crippen LogP contribution in [-0.4, -0.2) is 42.1 Å². The van der Waals surface area contributed by atoms with Crippen LogP contribution in [0, 0.1) is 0 Å². The van der Waals surface area contributed by atoms with E-state index < -0.39 is 11.9 Å². The molecular weight excluding hydrogens is 462 g/mol. The maximum absolute atomic E-state index is 12.6. The number of aromatic nitrogens is 1. The largest absolute Gasteiger partial charge is 0.480 e. The third kappa shape index (κ3) is 5.20. The van der Waals surface area contributed by atoms with Crippen molar-refractivity contribution in [2.24, 2.45) is 0 Å². The third-order valence-corrected chi connectivity index (χ3v) is 5.13. The lowest BCUT2D eigenvalue weighted by molar-refractivity contribution is -0.122. The van der Waals surface area contributed by atoms with Crippen molar-refractivity contribution < 1.29 is 13.9 Å². The second kappa shape index (κ2) is 9.02. The number of likely N-dealkylation sites (N-methyl/N-ethyl adjacent to an activating group) is 1. The number of rotatable bonds is 7. The number of nitrogens with zero attached hydrogens (tertiary/aromatic N) is 2. The molecular formula is C20H21BrClN3O4. The van der Waals surface area contributed by atoms with E-state index in [1.165, 1.54) is 0 Å². The number of hydrogen-bond acceptors (Lipinski definition) is 5. The monoisotopic (exact) mass is 481 g/mol. The van der Waals surface area contributed by atoms with Crippen LogP contribution in [0.25, 0.3) is 11.1 Å². The van der Waals surface area contributed by atoms with Gasteiger partial charge in [0.2, 0.25) is 0 Å². The van der Waals surface area contributed by atoms with Crippen molar-refractivity contribution >= 4 is 50.2 Å². The highest BCUT2D eigenvalue weighted by Gasteiger charge is 2.17. The Morgan fingerprint density at radius 3 is 2.76 bits per heavy atom. The third-order valence-electron chi connectivity index (χ3n) is 4.27. The highest BCUT2D eigenvalue weighted by Crippen LogP contribution is 2.29. The highest BCUT2D eigenvalue weighted by atomic mass is 79.9. The normalized spacial score (nSPS) is 12.3. The Morgan fingerprint density at radius 1 is 1.31 bits per heavy atom. The minimum absolute atomic E-state index is 0.322. The Kier molecular flexibility index (Phi) is 6.66. The van der Waals surface area contributed by atoms with E-state index in [-0.39, 0.29) is 5.91 Å². The molecule has 3 aromatic rings. The molecule has 0 fully saturated rings. The molecule has 9 heteroatoms. The molecule has 154 valence electrons. The minimum atomic E-state index is -0.747. The number of oxazole rings is 1. The molecule has 1 unspecified atom stereocenters. The predicted octanol–water partition coefficient (Wildman–Crippen LogP) is 3.98. The molecule has 0 saturated heterocycles. The van der Waals surface area contributed by atoms with Crippen LogP contribution in [0.3, 0.4) is 0 Å². The van der Waals surface area contributed by atoms with E-state index in [9.17, 15) is 9.59 Å². The Hall–Kier alpha value is -2.29. The first kappa shape index (κ1) is 21.4. The van der Waals surface area contributed by atoms with Crippen molar-refractivity contribution in [2.45, 2.75) is 19.6 Å². The molecule has 1 N–H and O–H groups in total. The van der Waals surface area contributed by atoms with Gasteiger partial charge < -0.3 is 19.4 Å². The molecule has 1 atom stereocenters. The van der Waals surface area contributed by atoms with Crippen LogP contribution in [0.2, 0.25) is 5.02 Å². The Morgan fingerprint density at radius 2 is 2.07 bits per heavy atom. The van der Waals surface area contributed by atoms with Crippen molar-refractivity contribution in [3.63, 3.8) is 0 Å². The molecule has 29 heavy (non-hydrogen) atoms. The van der Waals surface area contributed by atoms with Gasteiger partial charge in [-0.2, -0.15) is 0 Å². The molecule has 3 rings (SSSR count). The average molecular weight is 483 g/mol. The number of benzene rings is 2.